The van der Waals surface area contributed by atoms with Gasteiger partial charge in [0.1, 0.15) is 23.1 Å². The minimum atomic E-state index is -3.80. The van der Waals surface area contributed by atoms with Gasteiger partial charge in [-0.1, -0.05) is 12.1 Å². The number of aliphatic hydroxyl groups is 1. The first-order valence-corrected chi connectivity index (χ1v) is 11.3. The highest BCUT2D eigenvalue weighted by atomic mass is 19.3. The number of halogens is 3. The van der Waals surface area contributed by atoms with Crippen LogP contribution in [0.4, 0.5) is 24.7 Å². The van der Waals surface area contributed by atoms with E-state index in [1.54, 1.807) is 25.8 Å². The number of hydrogen-bond donors (Lipinski definition) is 2. The molecule has 9 heteroatoms. The number of aromatic nitrogens is 2. The van der Waals surface area contributed by atoms with Crippen molar-refractivity contribution in [2.75, 3.05) is 17.3 Å². The lowest BCUT2D eigenvalue weighted by atomic mass is 9.85. The first kappa shape index (κ1) is 24.9. The zero-order valence-corrected chi connectivity index (χ0v) is 20.8. The summed E-state index contributed by atoms with van der Waals surface area (Å²) >= 11 is 0. The number of nitrogens with zero attached hydrogens (tertiary/aromatic N) is 3. The molecule has 2 heterocycles. The van der Waals surface area contributed by atoms with Gasteiger partial charge in [0.25, 0.3) is 0 Å². The predicted octanol–water partition coefficient (Wildman–Crippen LogP) is 5.37. The molecule has 1 aliphatic rings. The highest BCUT2D eigenvalue weighted by molar-refractivity contribution is 6.10. The van der Waals surface area contributed by atoms with Crippen LogP contribution in [0.3, 0.4) is 0 Å². The van der Waals surface area contributed by atoms with E-state index in [0.29, 0.717) is 22.5 Å². The molecular weight excluding hydrogens is 457 g/mol. The third kappa shape index (κ3) is 3.82. The molecule has 186 valence electrons. The Morgan fingerprint density at radius 1 is 1.17 bits per heavy atom. The van der Waals surface area contributed by atoms with Crippen LogP contribution < -0.4 is 10.2 Å². The van der Waals surface area contributed by atoms with E-state index in [1.807, 2.05) is 26.0 Å². The molecule has 1 unspecified atom stereocenters. The van der Waals surface area contributed by atoms with Crippen LogP contribution in [-0.2, 0) is 16.1 Å². The third-order valence-electron chi connectivity index (χ3n) is 6.75. The van der Waals surface area contributed by atoms with Gasteiger partial charge < -0.3 is 15.3 Å². The fraction of sp³-hybridized carbons (Fsp3) is 0.423. The molecule has 3 aromatic rings. The number of aryl methyl sites for hydroxylation is 1. The summed E-state index contributed by atoms with van der Waals surface area (Å²) in [5.74, 6) is -4.07. The van der Waals surface area contributed by atoms with Crippen molar-refractivity contribution >= 4 is 28.3 Å². The largest absolute Gasteiger partial charge is 0.384 e. The Kier molecular flexibility index (Phi) is 5.63. The average molecular weight is 487 g/mol. The number of amides is 1. The lowest BCUT2D eigenvalue weighted by molar-refractivity contribution is -0.170. The molecular formula is C26H29F3N4O2. The van der Waals surface area contributed by atoms with E-state index in [-0.39, 0.29) is 11.5 Å². The van der Waals surface area contributed by atoms with Crippen LogP contribution in [0.25, 0.3) is 10.9 Å². The van der Waals surface area contributed by atoms with E-state index in [0.717, 1.165) is 31.2 Å². The van der Waals surface area contributed by atoms with Gasteiger partial charge in [-0.15, -0.1) is 0 Å². The van der Waals surface area contributed by atoms with E-state index in [9.17, 15) is 18.7 Å². The summed E-state index contributed by atoms with van der Waals surface area (Å²) in [5.41, 5.74) is -1.87. The lowest BCUT2D eigenvalue weighted by Crippen LogP contribution is -2.41. The van der Waals surface area contributed by atoms with E-state index < -0.39 is 34.4 Å². The van der Waals surface area contributed by atoms with Crippen LogP contribution in [-0.4, -0.2) is 33.6 Å². The molecule has 0 saturated carbocycles. The summed E-state index contributed by atoms with van der Waals surface area (Å²) < 4.78 is 44.8. The SMILES string of the molecule is Cc1nc(NC(C)c2cccc(C(F)(F)C(C)(C)O)c2F)c2cc3c(cc2n1)N(C)C(=O)C3(C)C. The summed E-state index contributed by atoms with van der Waals surface area (Å²) in [5, 5.41) is 13.7. The maximum atomic E-state index is 15.3. The number of alkyl halides is 2. The van der Waals surface area contributed by atoms with Crippen molar-refractivity contribution < 1.29 is 23.1 Å². The van der Waals surface area contributed by atoms with Crippen molar-refractivity contribution in [2.45, 2.75) is 64.5 Å². The second-order valence-electron chi connectivity index (χ2n) is 10.2. The lowest BCUT2D eigenvalue weighted by Gasteiger charge is -2.30. The fourth-order valence-electron chi connectivity index (χ4n) is 4.55. The van der Waals surface area contributed by atoms with E-state index in [2.05, 4.69) is 15.3 Å². The van der Waals surface area contributed by atoms with Crippen molar-refractivity contribution in [1.82, 2.24) is 9.97 Å². The third-order valence-corrected chi connectivity index (χ3v) is 6.75. The van der Waals surface area contributed by atoms with Gasteiger partial charge in [0, 0.05) is 23.7 Å². The molecule has 0 bridgehead atoms. The molecule has 0 spiro atoms. The number of nitrogens with one attached hydrogen (secondary N) is 1. The first-order valence-electron chi connectivity index (χ1n) is 11.3. The number of anilines is 2. The van der Waals surface area contributed by atoms with Crippen LogP contribution in [0.2, 0.25) is 0 Å². The van der Waals surface area contributed by atoms with E-state index in [4.69, 9.17) is 0 Å². The topological polar surface area (TPSA) is 78.4 Å². The normalized spacial score (nSPS) is 16.5. The molecule has 0 saturated heterocycles. The Morgan fingerprint density at radius 3 is 2.46 bits per heavy atom. The zero-order valence-electron chi connectivity index (χ0n) is 20.8. The van der Waals surface area contributed by atoms with Gasteiger partial charge in [0.15, 0.2) is 0 Å². The van der Waals surface area contributed by atoms with E-state index >= 15 is 4.39 Å². The number of fused-ring (bicyclic) bond motifs is 2. The minimum Gasteiger partial charge on any atom is -0.384 e. The molecule has 1 aliphatic heterocycles. The number of hydrogen-bond acceptors (Lipinski definition) is 5. The second kappa shape index (κ2) is 7.91. The van der Waals surface area contributed by atoms with Crippen LogP contribution in [0.1, 0.15) is 63.2 Å². The van der Waals surface area contributed by atoms with Gasteiger partial charge in [-0.25, -0.2) is 14.4 Å². The summed E-state index contributed by atoms with van der Waals surface area (Å²) in [7, 11) is 1.72. The maximum Gasteiger partial charge on any atom is 0.303 e. The number of carbonyl (C=O) groups excluding carboxylic acids is 1. The Hall–Kier alpha value is -3.20. The predicted molar refractivity (Wildman–Crippen MR) is 129 cm³/mol. The molecule has 1 amide bonds. The van der Waals surface area contributed by atoms with Crippen LogP contribution >= 0.6 is 0 Å². The molecule has 1 aromatic heterocycles. The molecule has 1 atom stereocenters. The number of rotatable bonds is 5. The molecule has 35 heavy (non-hydrogen) atoms. The van der Waals surface area contributed by atoms with E-state index in [1.165, 1.54) is 12.1 Å². The highest BCUT2D eigenvalue weighted by Gasteiger charge is 2.49. The van der Waals surface area contributed by atoms with Crippen molar-refractivity contribution in [1.29, 1.82) is 0 Å². The van der Waals surface area contributed by atoms with Gasteiger partial charge in [-0.05, 0) is 65.3 Å². The molecule has 0 aliphatic carbocycles. The van der Waals surface area contributed by atoms with Gasteiger partial charge in [-0.3, -0.25) is 4.79 Å². The van der Waals surface area contributed by atoms with Crippen molar-refractivity contribution in [2.24, 2.45) is 0 Å². The maximum absolute atomic E-state index is 15.3. The summed E-state index contributed by atoms with van der Waals surface area (Å²) in [6.07, 6.45) is 0. The van der Waals surface area contributed by atoms with Gasteiger partial charge in [-0.2, -0.15) is 8.78 Å². The standard InChI is InChI=1S/C26H29F3N4O2/c1-13(15-9-8-10-17(21(15)27)26(28,29)25(5,6)35)30-22-16-11-18-20(12-19(16)31-14(2)32-22)33(7)23(34)24(18,3)4/h8-13,35H,1-7H3,(H,30,31,32). The molecule has 0 radical (unpaired) electrons. The molecule has 2 aromatic carbocycles. The Bertz CT molecular complexity index is 1350. The average Bonchev–Trinajstić information content (AvgIpc) is 2.91. The van der Waals surface area contributed by atoms with Crippen LogP contribution in [0.5, 0.6) is 0 Å². The summed E-state index contributed by atoms with van der Waals surface area (Å²) in [6, 6.07) is 6.68. The van der Waals surface area contributed by atoms with Crippen LogP contribution in [0.15, 0.2) is 30.3 Å². The quantitative estimate of drug-likeness (QED) is 0.507. The van der Waals surface area contributed by atoms with Gasteiger partial charge >= 0.3 is 5.92 Å². The van der Waals surface area contributed by atoms with Gasteiger partial charge in [0.05, 0.1) is 22.5 Å². The monoisotopic (exact) mass is 486 g/mol. The van der Waals surface area contributed by atoms with Crippen molar-refractivity contribution in [3.05, 3.63) is 58.7 Å². The Labute approximate surface area is 202 Å². The summed E-state index contributed by atoms with van der Waals surface area (Å²) in [6.45, 7) is 8.93. The first-order chi connectivity index (χ1) is 16.1. The number of likely N-dealkylation sites (N-methyl/N-ethyl adjacent to an activating group) is 1. The zero-order chi connectivity index (χ0) is 26.1. The van der Waals surface area contributed by atoms with Crippen LogP contribution in [0, 0.1) is 12.7 Å². The second-order valence-corrected chi connectivity index (χ2v) is 10.2. The number of carbonyl (C=O) groups is 1. The number of benzene rings is 2. The fourth-order valence-corrected chi connectivity index (χ4v) is 4.55. The minimum absolute atomic E-state index is 0.00670. The molecule has 0 fully saturated rings. The highest BCUT2D eigenvalue weighted by Crippen LogP contribution is 2.44. The molecule has 2 N–H and O–H groups in total. The summed E-state index contributed by atoms with van der Waals surface area (Å²) in [4.78, 5) is 23.3. The van der Waals surface area contributed by atoms with Crippen molar-refractivity contribution in [3.63, 3.8) is 0 Å². The molecule has 4 rings (SSSR count). The molecule has 6 nitrogen and oxygen atoms in total. The van der Waals surface area contributed by atoms with Gasteiger partial charge in [0.2, 0.25) is 5.91 Å². The Morgan fingerprint density at radius 2 is 1.83 bits per heavy atom. The Balaban J connectivity index is 1.80. The smallest absolute Gasteiger partial charge is 0.303 e. The van der Waals surface area contributed by atoms with Crippen molar-refractivity contribution in [3.8, 4) is 0 Å².